The number of carboxylic acids is 1. The van der Waals surface area contributed by atoms with E-state index in [-0.39, 0.29) is 17.4 Å². The van der Waals surface area contributed by atoms with Gasteiger partial charge in [-0.15, -0.1) is 0 Å². The van der Waals surface area contributed by atoms with Crippen LogP contribution >= 0.6 is 0 Å². The molecule has 0 radical (unpaired) electrons. The molecule has 0 aliphatic carbocycles. The Balaban J connectivity index is 2.24. The molecule has 118 valence electrons. The fraction of sp³-hybridized carbons (Fsp3) is 0.643. The SMILES string of the molecule is Cn1ccc(S(=O)(=O)N2CCCC(C(C)(C)C(=O)O)C2)c1. The van der Waals surface area contributed by atoms with E-state index in [0.29, 0.717) is 13.0 Å². The summed E-state index contributed by atoms with van der Waals surface area (Å²) >= 11 is 0. The molecule has 1 atom stereocenters. The van der Waals surface area contributed by atoms with E-state index in [1.54, 1.807) is 43.9 Å². The molecule has 0 aromatic carbocycles. The van der Waals surface area contributed by atoms with Gasteiger partial charge in [-0.1, -0.05) is 0 Å². The van der Waals surface area contributed by atoms with Crippen molar-refractivity contribution in [1.29, 1.82) is 0 Å². The summed E-state index contributed by atoms with van der Waals surface area (Å²) in [6.07, 6.45) is 4.68. The summed E-state index contributed by atoms with van der Waals surface area (Å²) in [6.45, 7) is 4.04. The Morgan fingerprint density at radius 1 is 1.43 bits per heavy atom. The highest BCUT2D eigenvalue weighted by atomic mass is 32.2. The van der Waals surface area contributed by atoms with Gasteiger partial charge in [0.25, 0.3) is 0 Å². The quantitative estimate of drug-likeness (QED) is 0.914. The van der Waals surface area contributed by atoms with Gasteiger partial charge in [0, 0.05) is 32.5 Å². The first kappa shape index (κ1) is 16.0. The zero-order valence-corrected chi connectivity index (χ0v) is 13.4. The number of hydrogen-bond donors (Lipinski definition) is 1. The Kier molecular flexibility index (Phi) is 4.17. The number of aliphatic carboxylic acids is 1. The number of piperidine rings is 1. The molecule has 1 saturated heterocycles. The maximum Gasteiger partial charge on any atom is 0.309 e. The van der Waals surface area contributed by atoms with Crippen molar-refractivity contribution in [3.63, 3.8) is 0 Å². The molecule has 0 bridgehead atoms. The normalized spacial score (nSPS) is 21.4. The van der Waals surface area contributed by atoms with Crippen molar-refractivity contribution < 1.29 is 18.3 Å². The summed E-state index contributed by atoms with van der Waals surface area (Å²) in [7, 11) is -1.77. The Morgan fingerprint density at radius 3 is 2.62 bits per heavy atom. The molecule has 1 aliphatic rings. The molecule has 2 rings (SSSR count). The van der Waals surface area contributed by atoms with Crippen molar-refractivity contribution in [2.75, 3.05) is 13.1 Å². The lowest BCUT2D eigenvalue weighted by molar-refractivity contribution is -0.151. The monoisotopic (exact) mass is 314 g/mol. The molecule has 0 saturated carbocycles. The van der Waals surface area contributed by atoms with Gasteiger partial charge >= 0.3 is 5.97 Å². The van der Waals surface area contributed by atoms with Crippen LogP contribution in [0.5, 0.6) is 0 Å². The van der Waals surface area contributed by atoms with Crippen LogP contribution in [0.15, 0.2) is 23.4 Å². The van der Waals surface area contributed by atoms with Crippen LogP contribution < -0.4 is 0 Å². The third-order valence-corrected chi connectivity index (χ3v) is 6.25. The molecule has 7 heteroatoms. The topological polar surface area (TPSA) is 79.6 Å². The number of rotatable bonds is 4. The molecule has 0 spiro atoms. The van der Waals surface area contributed by atoms with Gasteiger partial charge in [0.1, 0.15) is 0 Å². The van der Waals surface area contributed by atoms with Gasteiger partial charge in [0.15, 0.2) is 0 Å². The van der Waals surface area contributed by atoms with E-state index in [1.165, 1.54) is 4.31 Å². The Labute approximate surface area is 125 Å². The minimum atomic E-state index is -3.54. The number of hydrogen-bond acceptors (Lipinski definition) is 3. The summed E-state index contributed by atoms with van der Waals surface area (Å²) in [5, 5.41) is 9.33. The third-order valence-electron chi connectivity index (χ3n) is 4.40. The van der Waals surface area contributed by atoms with E-state index in [0.717, 1.165) is 6.42 Å². The van der Waals surface area contributed by atoms with Crippen molar-refractivity contribution in [3.8, 4) is 0 Å². The van der Waals surface area contributed by atoms with E-state index in [2.05, 4.69) is 0 Å². The molecule has 1 fully saturated rings. The van der Waals surface area contributed by atoms with Crippen molar-refractivity contribution in [1.82, 2.24) is 8.87 Å². The zero-order valence-electron chi connectivity index (χ0n) is 12.6. The standard InChI is InChI=1S/C14H22N2O4S/c1-14(2,13(17)18)11-5-4-7-16(9-11)21(19,20)12-6-8-15(3)10-12/h6,8,10-11H,4-5,7,9H2,1-3H3,(H,17,18). The molecular weight excluding hydrogens is 292 g/mol. The van der Waals surface area contributed by atoms with E-state index >= 15 is 0 Å². The minimum Gasteiger partial charge on any atom is -0.481 e. The summed E-state index contributed by atoms with van der Waals surface area (Å²) in [5.41, 5.74) is -0.926. The fourth-order valence-electron chi connectivity index (χ4n) is 2.70. The predicted molar refractivity (Wildman–Crippen MR) is 78.3 cm³/mol. The lowest BCUT2D eigenvalue weighted by atomic mass is 9.75. The maximum atomic E-state index is 12.6. The first-order chi connectivity index (χ1) is 9.65. The highest BCUT2D eigenvalue weighted by Crippen LogP contribution is 2.35. The van der Waals surface area contributed by atoms with Crippen LogP contribution in [0.3, 0.4) is 0 Å². The molecule has 2 heterocycles. The van der Waals surface area contributed by atoms with Crippen LogP contribution in [-0.4, -0.2) is 41.5 Å². The lowest BCUT2D eigenvalue weighted by Gasteiger charge is -2.38. The van der Waals surface area contributed by atoms with Gasteiger partial charge in [-0.05, 0) is 38.7 Å². The average molecular weight is 314 g/mol. The summed E-state index contributed by atoms with van der Waals surface area (Å²) < 4.78 is 28.3. The molecule has 6 nitrogen and oxygen atoms in total. The smallest absolute Gasteiger partial charge is 0.309 e. The van der Waals surface area contributed by atoms with E-state index < -0.39 is 21.4 Å². The van der Waals surface area contributed by atoms with E-state index in [1.807, 2.05) is 0 Å². The number of aryl methyl sites for hydroxylation is 1. The fourth-order valence-corrected chi connectivity index (χ4v) is 4.28. The molecule has 21 heavy (non-hydrogen) atoms. The van der Waals surface area contributed by atoms with Crippen LogP contribution in [0.25, 0.3) is 0 Å². The second-order valence-electron chi connectivity index (χ2n) is 6.24. The molecule has 1 aromatic heterocycles. The Morgan fingerprint density at radius 2 is 2.10 bits per heavy atom. The molecular formula is C14H22N2O4S. The number of carboxylic acid groups (broad SMARTS) is 1. The van der Waals surface area contributed by atoms with Crippen molar-refractivity contribution in [2.45, 2.75) is 31.6 Å². The summed E-state index contributed by atoms with van der Waals surface area (Å²) in [5.74, 6) is -1.06. The second kappa shape index (κ2) is 5.46. The lowest BCUT2D eigenvalue weighted by Crippen LogP contribution is -2.46. The number of sulfonamides is 1. The van der Waals surface area contributed by atoms with Gasteiger partial charge in [-0.25, -0.2) is 8.42 Å². The second-order valence-corrected chi connectivity index (χ2v) is 8.18. The van der Waals surface area contributed by atoms with Crippen molar-refractivity contribution >= 4 is 16.0 Å². The van der Waals surface area contributed by atoms with E-state index in [4.69, 9.17) is 0 Å². The Hall–Kier alpha value is -1.34. The molecule has 1 aromatic rings. The van der Waals surface area contributed by atoms with E-state index in [9.17, 15) is 18.3 Å². The van der Waals surface area contributed by atoms with Gasteiger partial charge in [0.2, 0.25) is 10.0 Å². The first-order valence-corrected chi connectivity index (χ1v) is 8.45. The third kappa shape index (κ3) is 2.98. The average Bonchev–Trinajstić information content (AvgIpc) is 2.86. The number of aromatic nitrogens is 1. The van der Waals surface area contributed by atoms with Crippen molar-refractivity contribution in [3.05, 3.63) is 18.5 Å². The summed E-state index contributed by atoms with van der Waals surface area (Å²) in [6, 6.07) is 1.57. The van der Waals surface area contributed by atoms with Crippen LogP contribution in [-0.2, 0) is 21.9 Å². The molecule has 0 amide bonds. The zero-order chi connectivity index (χ0) is 15.8. The highest BCUT2D eigenvalue weighted by Gasteiger charge is 2.41. The van der Waals surface area contributed by atoms with Gasteiger partial charge in [0.05, 0.1) is 10.3 Å². The predicted octanol–water partition coefficient (Wildman–Crippen LogP) is 1.54. The maximum absolute atomic E-state index is 12.6. The number of nitrogens with zero attached hydrogens (tertiary/aromatic N) is 2. The first-order valence-electron chi connectivity index (χ1n) is 7.01. The minimum absolute atomic E-state index is 0.178. The number of carbonyl (C=O) groups is 1. The van der Waals surface area contributed by atoms with Gasteiger partial charge in [-0.3, -0.25) is 4.79 Å². The Bertz CT molecular complexity index is 633. The van der Waals surface area contributed by atoms with Crippen LogP contribution in [0.4, 0.5) is 0 Å². The van der Waals surface area contributed by atoms with Crippen molar-refractivity contribution in [2.24, 2.45) is 18.4 Å². The van der Waals surface area contributed by atoms with Crippen LogP contribution in [0.1, 0.15) is 26.7 Å². The molecule has 1 aliphatic heterocycles. The molecule has 1 N–H and O–H groups in total. The van der Waals surface area contributed by atoms with Crippen LogP contribution in [0, 0.1) is 11.3 Å². The highest BCUT2D eigenvalue weighted by molar-refractivity contribution is 7.89. The summed E-state index contributed by atoms with van der Waals surface area (Å²) in [4.78, 5) is 11.6. The van der Waals surface area contributed by atoms with Gasteiger partial charge < -0.3 is 9.67 Å². The largest absolute Gasteiger partial charge is 0.481 e. The molecule has 1 unspecified atom stereocenters. The van der Waals surface area contributed by atoms with Gasteiger partial charge in [-0.2, -0.15) is 4.31 Å². The van der Waals surface area contributed by atoms with Crippen LogP contribution in [0.2, 0.25) is 0 Å².